The molecular formula is C13H14BrNO4. The molecule has 2 N–H and O–H groups in total. The SMILES string of the molecule is O=C(O)C1CCN(C(=O)c2cc(Br)ccc2O)CC1. The van der Waals surface area contributed by atoms with Crippen molar-refractivity contribution in [3.05, 3.63) is 28.2 Å². The van der Waals surface area contributed by atoms with Crippen molar-refractivity contribution in [1.29, 1.82) is 0 Å². The van der Waals surface area contributed by atoms with Crippen molar-refractivity contribution in [2.45, 2.75) is 12.8 Å². The summed E-state index contributed by atoms with van der Waals surface area (Å²) in [6, 6.07) is 4.69. The Morgan fingerprint density at radius 2 is 1.89 bits per heavy atom. The number of halogens is 1. The molecule has 1 aromatic carbocycles. The number of carbonyl (C=O) groups is 2. The second-order valence-electron chi connectivity index (χ2n) is 4.57. The smallest absolute Gasteiger partial charge is 0.306 e. The maximum Gasteiger partial charge on any atom is 0.306 e. The lowest BCUT2D eigenvalue weighted by Crippen LogP contribution is -2.40. The molecule has 0 aliphatic carbocycles. The second kappa shape index (κ2) is 5.61. The van der Waals surface area contributed by atoms with Crippen molar-refractivity contribution in [3.63, 3.8) is 0 Å². The number of likely N-dealkylation sites (tertiary alicyclic amines) is 1. The van der Waals surface area contributed by atoms with Gasteiger partial charge in [0.15, 0.2) is 0 Å². The van der Waals surface area contributed by atoms with Crippen LogP contribution in [-0.2, 0) is 4.79 Å². The van der Waals surface area contributed by atoms with Crippen LogP contribution in [0.2, 0.25) is 0 Å². The van der Waals surface area contributed by atoms with Gasteiger partial charge in [-0.2, -0.15) is 0 Å². The maximum absolute atomic E-state index is 12.2. The van der Waals surface area contributed by atoms with Crippen LogP contribution in [0, 0.1) is 5.92 Å². The van der Waals surface area contributed by atoms with Crippen LogP contribution in [0.25, 0.3) is 0 Å². The van der Waals surface area contributed by atoms with Gasteiger partial charge in [-0.15, -0.1) is 0 Å². The van der Waals surface area contributed by atoms with Crippen LogP contribution in [0.4, 0.5) is 0 Å². The molecule has 1 aliphatic heterocycles. The summed E-state index contributed by atoms with van der Waals surface area (Å²) in [6.45, 7) is 0.809. The molecule has 0 radical (unpaired) electrons. The van der Waals surface area contributed by atoms with Crippen LogP contribution >= 0.6 is 15.9 Å². The minimum atomic E-state index is -0.808. The molecule has 0 aromatic heterocycles. The van der Waals surface area contributed by atoms with Gasteiger partial charge in [-0.3, -0.25) is 9.59 Å². The van der Waals surface area contributed by atoms with Crippen LogP contribution in [0.1, 0.15) is 23.2 Å². The molecule has 1 fully saturated rings. The molecule has 6 heteroatoms. The number of rotatable bonds is 2. The predicted molar refractivity (Wildman–Crippen MR) is 72.1 cm³/mol. The summed E-state index contributed by atoms with van der Waals surface area (Å²) in [5.74, 6) is -1.51. The Bertz CT molecular complexity index is 509. The second-order valence-corrected chi connectivity index (χ2v) is 5.48. The van der Waals surface area contributed by atoms with Gasteiger partial charge >= 0.3 is 5.97 Å². The first-order valence-corrected chi connectivity index (χ1v) is 6.79. The van der Waals surface area contributed by atoms with Gasteiger partial charge in [-0.1, -0.05) is 15.9 Å². The first kappa shape index (κ1) is 13.9. The number of aliphatic carboxylic acids is 1. The van der Waals surface area contributed by atoms with Crippen LogP contribution in [0.5, 0.6) is 5.75 Å². The van der Waals surface area contributed by atoms with Crippen molar-refractivity contribution in [3.8, 4) is 5.75 Å². The largest absolute Gasteiger partial charge is 0.507 e. The Balaban J connectivity index is 2.09. The number of nitrogens with zero attached hydrogens (tertiary/aromatic N) is 1. The van der Waals surface area contributed by atoms with E-state index >= 15 is 0 Å². The molecule has 0 spiro atoms. The molecule has 1 saturated heterocycles. The van der Waals surface area contributed by atoms with Crippen LogP contribution in [-0.4, -0.2) is 40.1 Å². The molecular weight excluding hydrogens is 314 g/mol. The fourth-order valence-corrected chi connectivity index (χ4v) is 2.54. The lowest BCUT2D eigenvalue weighted by atomic mass is 9.96. The monoisotopic (exact) mass is 327 g/mol. The molecule has 0 unspecified atom stereocenters. The summed E-state index contributed by atoms with van der Waals surface area (Å²) in [5, 5.41) is 18.6. The first-order valence-electron chi connectivity index (χ1n) is 5.99. The summed E-state index contributed by atoms with van der Waals surface area (Å²) in [4.78, 5) is 24.7. The molecule has 0 atom stereocenters. The number of hydrogen-bond donors (Lipinski definition) is 2. The zero-order valence-electron chi connectivity index (χ0n) is 10.2. The minimum Gasteiger partial charge on any atom is -0.507 e. The fourth-order valence-electron chi connectivity index (χ4n) is 2.18. The van der Waals surface area contributed by atoms with Crippen LogP contribution in [0.15, 0.2) is 22.7 Å². The van der Waals surface area contributed by atoms with E-state index in [-0.39, 0.29) is 23.1 Å². The average Bonchev–Trinajstić information content (AvgIpc) is 2.41. The Morgan fingerprint density at radius 3 is 2.47 bits per heavy atom. The van der Waals surface area contributed by atoms with Crippen LogP contribution in [0.3, 0.4) is 0 Å². The molecule has 0 bridgehead atoms. The zero-order chi connectivity index (χ0) is 14.0. The molecule has 0 saturated carbocycles. The van der Waals surface area contributed by atoms with E-state index in [4.69, 9.17) is 5.11 Å². The lowest BCUT2D eigenvalue weighted by molar-refractivity contribution is -0.143. The van der Waals surface area contributed by atoms with Crippen molar-refractivity contribution >= 4 is 27.8 Å². The van der Waals surface area contributed by atoms with Crippen molar-refractivity contribution in [2.75, 3.05) is 13.1 Å². The van der Waals surface area contributed by atoms with E-state index in [9.17, 15) is 14.7 Å². The van der Waals surface area contributed by atoms with Crippen LogP contribution < -0.4 is 0 Å². The standard InChI is InChI=1S/C13H14BrNO4/c14-9-1-2-11(16)10(7-9)12(17)15-5-3-8(4-6-15)13(18)19/h1-2,7-8,16H,3-6H2,(H,18,19). The third-order valence-electron chi connectivity index (χ3n) is 3.32. The van der Waals surface area contributed by atoms with E-state index < -0.39 is 5.97 Å². The Hall–Kier alpha value is -1.56. The number of piperidine rings is 1. The van der Waals surface area contributed by atoms with Crippen molar-refractivity contribution < 1.29 is 19.8 Å². The summed E-state index contributed by atoms with van der Waals surface area (Å²) >= 11 is 3.26. The number of amides is 1. The molecule has 5 nitrogen and oxygen atoms in total. The third-order valence-corrected chi connectivity index (χ3v) is 3.81. The van der Waals surface area contributed by atoms with Gasteiger partial charge < -0.3 is 15.1 Å². The molecule has 1 heterocycles. The van der Waals surface area contributed by atoms with E-state index in [1.165, 1.54) is 6.07 Å². The lowest BCUT2D eigenvalue weighted by Gasteiger charge is -2.30. The van der Waals surface area contributed by atoms with Gasteiger partial charge in [0.1, 0.15) is 5.75 Å². The number of phenolic OH excluding ortho intramolecular Hbond substituents is 1. The van der Waals surface area contributed by atoms with Gasteiger partial charge in [-0.25, -0.2) is 0 Å². The zero-order valence-corrected chi connectivity index (χ0v) is 11.8. The molecule has 2 rings (SSSR count). The highest BCUT2D eigenvalue weighted by atomic mass is 79.9. The molecule has 1 aromatic rings. The number of carbonyl (C=O) groups excluding carboxylic acids is 1. The van der Waals surface area contributed by atoms with E-state index in [1.54, 1.807) is 17.0 Å². The molecule has 19 heavy (non-hydrogen) atoms. The number of carboxylic acids is 1. The van der Waals surface area contributed by atoms with Gasteiger partial charge in [-0.05, 0) is 31.0 Å². The summed E-state index contributed by atoms with van der Waals surface area (Å²) in [7, 11) is 0. The highest BCUT2D eigenvalue weighted by Gasteiger charge is 2.28. The number of carboxylic acid groups (broad SMARTS) is 1. The fraction of sp³-hybridized carbons (Fsp3) is 0.385. The highest BCUT2D eigenvalue weighted by molar-refractivity contribution is 9.10. The maximum atomic E-state index is 12.2. The average molecular weight is 328 g/mol. The Morgan fingerprint density at radius 1 is 1.26 bits per heavy atom. The number of hydrogen-bond acceptors (Lipinski definition) is 3. The minimum absolute atomic E-state index is 0.0615. The summed E-state index contributed by atoms with van der Waals surface area (Å²) < 4.78 is 0.717. The van der Waals surface area contributed by atoms with Crippen molar-refractivity contribution in [2.24, 2.45) is 5.92 Å². The number of benzene rings is 1. The normalized spacial score (nSPS) is 16.4. The topological polar surface area (TPSA) is 77.8 Å². The Labute approximate surface area is 119 Å². The first-order chi connectivity index (χ1) is 8.99. The third kappa shape index (κ3) is 3.07. The highest BCUT2D eigenvalue weighted by Crippen LogP contribution is 2.25. The van der Waals surface area contributed by atoms with Gasteiger partial charge in [0.2, 0.25) is 0 Å². The van der Waals surface area contributed by atoms with E-state index in [0.717, 1.165) is 0 Å². The number of aromatic hydroxyl groups is 1. The van der Waals surface area contributed by atoms with Gasteiger partial charge in [0.25, 0.3) is 5.91 Å². The van der Waals surface area contributed by atoms with E-state index in [0.29, 0.717) is 30.4 Å². The molecule has 1 aliphatic rings. The van der Waals surface area contributed by atoms with Gasteiger partial charge in [0, 0.05) is 17.6 Å². The molecule has 1 amide bonds. The van der Waals surface area contributed by atoms with Crippen molar-refractivity contribution in [1.82, 2.24) is 4.90 Å². The number of phenols is 1. The van der Waals surface area contributed by atoms with Gasteiger partial charge in [0.05, 0.1) is 11.5 Å². The quantitative estimate of drug-likeness (QED) is 0.871. The summed E-state index contributed by atoms with van der Waals surface area (Å²) in [5.41, 5.74) is 0.239. The summed E-state index contributed by atoms with van der Waals surface area (Å²) in [6.07, 6.45) is 0.908. The van der Waals surface area contributed by atoms with E-state index in [2.05, 4.69) is 15.9 Å². The molecule has 102 valence electrons. The van der Waals surface area contributed by atoms with E-state index in [1.807, 2.05) is 0 Å². The predicted octanol–water partition coefficient (Wildman–Crippen LogP) is 2.09. The Kier molecular flexibility index (Phi) is 4.09.